The second-order valence-electron chi connectivity index (χ2n) is 6.08. The monoisotopic (exact) mass is 318 g/mol. The van der Waals surface area contributed by atoms with Crippen molar-refractivity contribution < 1.29 is 17.9 Å². The third kappa shape index (κ3) is 3.57. The molecule has 2 aliphatic rings. The first kappa shape index (κ1) is 16.7. The molecule has 2 atom stereocenters. The topological polar surface area (TPSA) is 75.7 Å². The Morgan fingerprint density at radius 3 is 2.62 bits per heavy atom. The first-order chi connectivity index (χ1) is 9.93. The van der Waals surface area contributed by atoms with E-state index in [0.717, 1.165) is 32.2 Å². The molecule has 0 spiro atoms. The van der Waals surface area contributed by atoms with Crippen molar-refractivity contribution in [1.82, 2.24) is 10.2 Å². The zero-order valence-corrected chi connectivity index (χ0v) is 13.7. The van der Waals surface area contributed by atoms with Gasteiger partial charge >= 0.3 is 5.97 Å². The Hall–Kier alpha value is -0.660. The number of esters is 1. The number of carbonyl (C=O) groups excluding carboxylic acids is 1. The maximum atomic E-state index is 12.1. The molecule has 2 rings (SSSR count). The Kier molecular flexibility index (Phi) is 5.27. The molecule has 1 aliphatic carbocycles. The Morgan fingerprint density at radius 1 is 1.38 bits per heavy atom. The van der Waals surface area contributed by atoms with E-state index in [-0.39, 0.29) is 23.4 Å². The van der Waals surface area contributed by atoms with Crippen molar-refractivity contribution in [2.75, 3.05) is 45.3 Å². The number of rotatable bonds is 5. The van der Waals surface area contributed by atoms with E-state index in [1.807, 2.05) is 7.05 Å². The summed E-state index contributed by atoms with van der Waals surface area (Å²) >= 11 is 0. The fourth-order valence-electron chi connectivity index (χ4n) is 3.66. The highest BCUT2D eigenvalue weighted by Crippen LogP contribution is 2.38. The highest BCUT2D eigenvalue weighted by molar-refractivity contribution is 7.91. The smallest absolute Gasteiger partial charge is 0.326 e. The van der Waals surface area contributed by atoms with Crippen molar-refractivity contribution in [3.05, 3.63) is 0 Å². The van der Waals surface area contributed by atoms with Crippen molar-refractivity contribution in [3.63, 3.8) is 0 Å². The quantitative estimate of drug-likeness (QED) is 0.721. The van der Waals surface area contributed by atoms with Gasteiger partial charge in [0.05, 0.1) is 18.6 Å². The zero-order valence-electron chi connectivity index (χ0n) is 12.9. The van der Waals surface area contributed by atoms with Crippen LogP contribution in [-0.4, -0.2) is 70.1 Å². The fourth-order valence-corrected chi connectivity index (χ4v) is 4.94. The number of likely N-dealkylation sites (N-methyl/N-ethyl adjacent to an activating group) is 1. The molecule has 2 fully saturated rings. The molecule has 0 aromatic carbocycles. The van der Waals surface area contributed by atoms with Gasteiger partial charge in [0.25, 0.3) is 0 Å². The van der Waals surface area contributed by atoms with E-state index in [9.17, 15) is 13.2 Å². The number of nitrogens with one attached hydrogen (secondary N) is 1. The molecule has 1 heterocycles. The van der Waals surface area contributed by atoms with Crippen LogP contribution >= 0.6 is 0 Å². The molecule has 6 nitrogen and oxygen atoms in total. The van der Waals surface area contributed by atoms with Gasteiger partial charge in [0, 0.05) is 13.1 Å². The minimum Gasteiger partial charge on any atom is -0.468 e. The SMILES string of the molecule is CNC1(C(=O)OC)CCCC1CCN1CCS(=O)(=O)CC1. The molecule has 1 aliphatic heterocycles. The van der Waals surface area contributed by atoms with Gasteiger partial charge in [0.1, 0.15) is 5.54 Å². The normalized spacial score (nSPS) is 33.0. The van der Waals surface area contributed by atoms with Gasteiger partial charge < -0.3 is 15.0 Å². The first-order valence-electron chi connectivity index (χ1n) is 7.63. The molecular weight excluding hydrogens is 292 g/mol. The van der Waals surface area contributed by atoms with Crippen LogP contribution in [0, 0.1) is 5.92 Å². The fraction of sp³-hybridized carbons (Fsp3) is 0.929. The van der Waals surface area contributed by atoms with Crippen LogP contribution in [0.4, 0.5) is 0 Å². The van der Waals surface area contributed by atoms with Crippen LogP contribution in [0.3, 0.4) is 0 Å². The molecule has 1 saturated carbocycles. The molecule has 2 unspecified atom stereocenters. The van der Waals surface area contributed by atoms with Gasteiger partial charge in [0.15, 0.2) is 9.84 Å². The molecule has 1 saturated heterocycles. The molecule has 21 heavy (non-hydrogen) atoms. The lowest BCUT2D eigenvalue weighted by Gasteiger charge is -2.34. The molecule has 7 heteroatoms. The predicted octanol–water partition coefficient (Wildman–Crippen LogP) is 0.0382. The molecule has 122 valence electrons. The van der Waals surface area contributed by atoms with E-state index < -0.39 is 15.4 Å². The summed E-state index contributed by atoms with van der Waals surface area (Å²) in [5.74, 6) is 0.597. The van der Waals surface area contributed by atoms with Crippen LogP contribution in [0.15, 0.2) is 0 Å². The van der Waals surface area contributed by atoms with Gasteiger partial charge in [-0.05, 0) is 38.8 Å². The molecule has 1 N–H and O–H groups in total. The molecular formula is C14H26N2O4S. The van der Waals surface area contributed by atoms with E-state index in [4.69, 9.17) is 4.74 Å². The third-order valence-corrected chi connectivity index (χ3v) is 6.66. The van der Waals surface area contributed by atoms with Gasteiger partial charge in [-0.2, -0.15) is 0 Å². The van der Waals surface area contributed by atoms with E-state index >= 15 is 0 Å². The van der Waals surface area contributed by atoms with Gasteiger partial charge in [-0.1, -0.05) is 6.42 Å². The first-order valence-corrected chi connectivity index (χ1v) is 9.46. The summed E-state index contributed by atoms with van der Waals surface area (Å²) < 4.78 is 27.9. The summed E-state index contributed by atoms with van der Waals surface area (Å²) in [4.78, 5) is 14.3. The van der Waals surface area contributed by atoms with Crippen LogP contribution < -0.4 is 5.32 Å². The molecule has 0 aromatic rings. The summed E-state index contributed by atoms with van der Waals surface area (Å²) in [6, 6.07) is 0. The lowest BCUT2D eigenvalue weighted by atomic mass is 9.84. The maximum absolute atomic E-state index is 12.1. The minimum absolute atomic E-state index is 0.172. The number of sulfone groups is 1. The van der Waals surface area contributed by atoms with Crippen LogP contribution in [0.25, 0.3) is 0 Å². The number of hydrogen-bond donors (Lipinski definition) is 1. The third-order valence-electron chi connectivity index (χ3n) is 5.05. The van der Waals surface area contributed by atoms with E-state index in [0.29, 0.717) is 13.1 Å². The van der Waals surface area contributed by atoms with Crippen molar-refractivity contribution in [3.8, 4) is 0 Å². The summed E-state index contributed by atoms with van der Waals surface area (Å²) in [5, 5.41) is 3.19. The van der Waals surface area contributed by atoms with Gasteiger partial charge in [-0.25, -0.2) is 8.42 Å². The van der Waals surface area contributed by atoms with Crippen LogP contribution in [0.5, 0.6) is 0 Å². The summed E-state index contributed by atoms with van der Waals surface area (Å²) in [7, 11) is 0.433. The standard InChI is InChI=1S/C14H26N2O4S/c1-15-14(13(17)20-2)6-3-4-12(14)5-7-16-8-10-21(18,19)11-9-16/h12,15H,3-11H2,1-2H3. The zero-order chi connectivity index (χ0) is 15.5. The Morgan fingerprint density at radius 2 is 2.05 bits per heavy atom. The maximum Gasteiger partial charge on any atom is 0.326 e. The number of ether oxygens (including phenoxy) is 1. The Bertz CT molecular complexity index is 465. The van der Waals surface area contributed by atoms with Crippen molar-refractivity contribution in [2.45, 2.75) is 31.2 Å². The van der Waals surface area contributed by atoms with Gasteiger partial charge in [-0.3, -0.25) is 4.79 Å². The van der Waals surface area contributed by atoms with Crippen LogP contribution in [0.2, 0.25) is 0 Å². The van der Waals surface area contributed by atoms with Crippen LogP contribution in [0.1, 0.15) is 25.7 Å². The number of carbonyl (C=O) groups is 1. The van der Waals surface area contributed by atoms with Crippen molar-refractivity contribution in [2.24, 2.45) is 5.92 Å². The van der Waals surface area contributed by atoms with Gasteiger partial charge in [-0.15, -0.1) is 0 Å². The second-order valence-corrected chi connectivity index (χ2v) is 8.39. The largest absolute Gasteiger partial charge is 0.468 e. The lowest BCUT2D eigenvalue weighted by Crippen LogP contribution is -2.54. The second kappa shape index (κ2) is 6.62. The number of nitrogens with zero attached hydrogens (tertiary/aromatic N) is 1. The number of methoxy groups -OCH3 is 1. The van der Waals surface area contributed by atoms with Crippen molar-refractivity contribution in [1.29, 1.82) is 0 Å². The Labute approximate surface area is 127 Å². The minimum atomic E-state index is -2.83. The highest BCUT2D eigenvalue weighted by atomic mass is 32.2. The average Bonchev–Trinajstić information content (AvgIpc) is 2.89. The van der Waals surface area contributed by atoms with Gasteiger partial charge in [0.2, 0.25) is 0 Å². The Balaban J connectivity index is 1.91. The van der Waals surface area contributed by atoms with E-state index in [2.05, 4.69) is 10.2 Å². The van der Waals surface area contributed by atoms with E-state index in [1.54, 1.807) is 0 Å². The lowest BCUT2D eigenvalue weighted by molar-refractivity contribution is -0.150. The van der Waals surface area contributed by atoms with E-state index in [1.165, 1.54) is 7.11 Å². The molecule has 0 radical (unpaired) electrons. The molecule has 0 bridgehead atoms. The predicted molar refractivity (Wildman–Crippen MR) is 80.9 cm³/mol. The highest BCUT2D eigenvalue weighted by Gasteiger charge is 2.48. The number of hydrogen-bond acceptors (Lipinski definition) is 6. The summed E-state index contributed by atoms with van der Waals surface area (Å²) in [6.07, 6.45) is 3.75. The molecule has 0 amide bonds. The summed E-state index contributed by atoms with van der Waals surface area (Å²) in [5.41, 5.74) is -0.559. The summed E-state index contributed by atoms with van der Waals surface area (Å²) in [6.45, 7) is 2.07. The van der Waals surface area contributed by atoms with Crippen molar-refractivity contribution >= 4 is 15.8 Å². The van der Waals surface area contributed by atoms with Crippen LogP contribution in [-0.2, 0) is 19.4 Å². The molecule has 0 aromatic heterocycles. The average molecular weight is 318 g/mol.